The monoisotopic (exact) mass is 234 g/mol. The number of carbonyl (C=O) groups excluding carboxylic acids is 1. The van der Waals surface area contributed by atoms with E-state index in [0.29, 0.717) is 6.29 Å². The number of halogens is 2. The maximum atomic E-state index is 13.5. The summed E-state index contributed by atoms with van der Waals surface area (Å²) in [5.74, 6) is -1.13. The molecule has 0 aliphatic rings. The molecule has 0 aliphatic heterocycles. The second-order valence-corrected chi connectivity index (χ2v) is 3.42. The fourth-order valence-corrected chi connectivity index (χ4v) is 1.47. The lowest BCUT2D eigenvalue weighted by molar-refractivity contribution is 0.112. The van der Waals surface area contributed by atoms with Crippen molar-refractivity contribution in [2.75, 3.05) is 5.73 Å². The van der Waals surface area contributed by atoms with Gasteiger partial charge in [0.25, 0.3) is 0 Å². The predicted octanol–water partition coefficient (Wildman–Crippen LogP) is 2.42. The van der Waals surface area contributed by atoms with Gasteiger partial charge in [-0.25, -0.2) is 13.8 Å². The normalized spacial score (nSPS) is 10.2. The highest BCUT2D eigenvalue weighted by Crippen LogP contribution is 2.25. The number of pyridine rings is 1. The Hall–Kier alpha value is -2.30. The summed E-state index contributed by atoms with van der Waals surface area (Å²) in [6.45, 7) is 0. The molecule has 0 spiro atoms. The van der Waals surface area contributed by atoms with Gasteiger partial charge in [0.1, 0.15) is 17.5 Å². The molecule has 2 aromatic rings. The van der Waals surface area contributed by atoms with Gasteiger partial charge in [0.15, 0.2) is 6.29 Å². The fraction of sp³-hybridized carbons (Fsp3) is 0. The number of nitrogens with zero attached hydrogens (tertiary/aromatic N) is 1. The summed E-state index contributed by atoms with van der Waals surface area (Å²) in [4.78, 5) is 14.7. The van der Waals surface area contributed by atoms with Crippen molar-refractivity contribution < 1.29 is 13.6 Å². The first-order valence-corrected chi connectivity index (χ1v) is 4.79. The van der Waals surface area contributed by atoms with Crippen LogP contribution in [0.4, 0.5) is 14.6 Å². The van der Waals surface area contributed by atoms with Crippen LogP contribution in [0.3, 0.4) is 0 Å². The zero-order valence-electron chi connectivity index (χ0n) is 8.65. The molecule has 1 aromatic carbocycles. The van der Waals surface area contributed by atoms with Crippen molar-refractivity contribution in [2.24, 2.45) is 0 Å². The summed E-state index contributed by atoms with van der Waals surface area (Å²) in [5, 5.41) is 0. The molecule has 17 heavy (non-hydrogen) atoms. The van der Waals surface area contributed by atoms with Crippen molar-refractivity contribution in [2.45, 2.75) is 0 Å². The van der Waals surface area contributed by atoms with Crippen LogP contribution in [0.25, 0.3) is 11.3 Å². The van der Waals surface area contributed by atoms with Crippen molar-refractivity contribution in [3.63, 3.8) is 0 Å². The van der Waals surface area contributed by atoms with E-state index in [1.807, 2.05) is 0 Å². The van der Waals surface area contributed by atoms with Gasteiger partial charge in [0.2, 0.25) is 0 Å². The average molecular weight is 234 g/mol. The topological polar surface area (TPSA) is 56.0 Å². The summed E-state index contributed by atoms with van der Waals surface area (Å²) >= 11 is 0. The third-order valence-corrected chi connectivity index (χ3v) is 2.26. The van der Waals surface area contributed by atoms with Crippen LogP contribution in [0.15, 0.2) is 30.3 Å². The number of carbonyl (C=O) groups is 1. The van der Waals surface area contributed by atoms with Crippen molar-refractivity contribution >= 4 is 12.1 Å². The Morgan fingerprint density at radius 1 is 1.18 bits per heavy atom. The first kappa shape index (κ1) is 11.2. The minimum Gasteiger partial charge on any atom is -0.384 e. The molecule has 5 heteroatoms. The number of aromatic nitrogens is 1. The Morgan fingerprint density at radius 3 is 2.65 bits per heavy atom. The number of aldehydes is 1. The van der Waals surface area contributed by atoms with Crippen LogP contribution >= 0.6 is 0 Å². The number of nitrogen functional groups attached to an aromatic ring is 1. The molecule has 1 aromatic heterocycles. The lowest BCUT2D eigenvalue weighted by Gasteiger charge is -2.06. The maximum Gasteiger partial charge on any atom is 0.152 e. The lowest BCUT2D eigenvalue weighted by Crippen LogP contribution is -1.98. The van der Waals surface area contributed by atoms with Crippen molar-refractivity contribution in [1.82, 2.24) is 4.98 Å². The van der Waals surface area contributed by atoms with Gasteiger partial charge in [-0.1, -0.05) is 0 Å². The van der Waals surface area contributed by atoms with Gasteiger partial charge in [-0.2, -0.15) is 0 Å². The van der Waals surface area contributed by atoms with Crippen LogP contribution in [0, 0.1) is 11.6 Å². The van der Waals surface area contributed by atoms with Crippen LogP contribution in [-0.4, -0.2) is 11.3 Å². The summed E-state index contributed by atoms with van der Waals surface area (Å²) in [6.07, 6.45) is 0.520. The third kappa shape index (κ3) is 2.13. The molecule has 2 rings (SSSR count). The molecule has 0 amide bonds. The minimum atomic E-state index is -0.660. The van der Waals surface area contributed by atoms with E-state index in [-0.39, 0.29) is 22.6 Å². The Morgan fingerprint density at radius 2 is 1.94 bits per heavy atom. The van der Waals surface area contributed by atoms with Crippen molar-refractivity contribution in [3.05, 3.63) is 47.5 Å². The molecule has 1 heterocycles. The molecule has 86 valence electrons. The molecule has 0 aliphatic carbocycles. The zero-order chi connectivity index (χ0) is 12.4. The van der Waals surface area contributed by atoms with E-state index in [1.165, 1.54) is 12.1 Å². The summed E-state index contributed by atoms with van der Waals surface area (Å²) in [6, 6.07) is 5.78. The van der Waals surface area contributed by atoms with Gasteiger partial charge in [0, 0.05) is 11.1 Å². The van der Waals surface area contributed by atoms with Crippen LogP contribution < -0.4 is 5.73 Å². The quantitative estimate of drug-likeness (QED) is 0.812. The number of rotatable bonds is 2. The first-order valence-electron chi connectivity index (χ1n) is 4.79. The van der Waals surface area contributed by atoms with Crippen LogP contribution in [-0.2, 0) is 0 Å². The van der Waals surface area contributed by atoms with Crippen molar-refractivity contribution in [3.8, 4) is 11.3 Å². The second kappa shape index (κ2) is 4.29. The highest BCUT2D eigenvalue weighted by molar-refractivity contribution is 5.86. The third-order valence-electron chi connectivity index (χ3n) is 2.26. The van der Waals surface area contributed by atoms with E-state index in [1.54, 1.807) is 0 Å². The van der Waals surface area contributed by atoms with E-state index in [0.717, 1.165) is 18.2 Å². The Kier molecular flexibility index (Phi) is 2.82. The molecular formula is C12H8F2N2O. The Bertz CT molecular complexity index is 585. The SMILES string of the molecule is Nc1ccc(C=O)c(-c2cc(F)ccc2F)n1. The van der Waals surface area contributed by atoms with Gasteiger partial charge in [-0.3, -0.25) is 4.79 Å². The van der Waals surface area contributed by atoms with Gasteiger partial charge in [-0.15, -0.1) is 0 Å². The zero-order valence-corrected chi connectivity index (χ0v) is 8.65. The smallest absolute Gasteiger partial charge is 0.152 e. The minimum absolute atomic E-state index is 0.0389. The predicted molar refractivity (Wildman–Crippen MR) is 59.4 cm³/mol. The maximum absolute atomic E-state index is 13.5. The fourth-order valence-electron chi connectivity index (χ4n) is 1.47. The molecule has 0 unspecified atom stereocenters. The van der Waals surface area contributed by atoms with E-state index in [2.05, 4.69) is 4.98 Å². The van der Waals surface area contributed by atoms with Crippen LogP contribution in [0.2, 0.25) is 0 Å². The van der Waals surface area contributed by atoms with E-state index < -0.39 is 11.6 Å². The van der Waals surface area contributed by atoms with Gasteiger partial charge >= 0.3 is 0 Å². The van der Waals surface area contributed by atoms with E-state index in [9.17, 15) is 13.6 Å². The number of hydrogen-bond donors (Lipinski definition) is 1. The highest BCUT2D eigenvalue weighted by atomic mass is 19.1. The first-order chi connectivity index (χ1) is 8.11. The molecule has 0 atom stereocenters. The lowest BCUT2D eigenvalue weighted by atomic mass is 10.1. The van der Waals surface area contributed by atoms with Gasteiger partial charge in [-0.05, 0) is 30.3 Å². The largest absolute Gasteiger partial charge is 0.384 e. The standard InChI is InChI=1S/C12H8F2N2O/c13-8-2-3-10(14)9(5-8)12-7(6-17)1-4-11(15)16-12/h1-6H,(H2,15,16). The number of nitrogens with two attached hydrogens (primary N) is 1. The molecule has 0 radical (unpaired) electrons. The number of hydrogen-bond acceptors (Lipinski definition) is 3. The van der Waals surface area contributed by atoms with Gasteiger partial charge < -0.3 is 5.73 Å². The van der Waals surface area contributed by atoms with Crippen LogP contribution in [0.5, 0.6) is 0 Å². The Labute approximate surface area is 95.9 Å². The van der Waals surface area contributed by atoms with E-state index >= 15 is 0 Å². The summed E-state index contributed by atoms with van der Waals surface area (Å²) in [7, 11) is 0. The summed E-state index contributed by atoms with van der Waals surface area (Å²) in [5.41, 5.74) is 5.58. The van der Waals surface area contributed by atoms with Crippen LogP contribution in [0.1, 0.15) is 10.4 Å². The van der Waals surface area contributed by atoms with E-state index in [4.69, 9.17) is 5.73 Å². The molecule has 2 N–H and O–H groups in total. The highest BCUT2D eigenvalue weighted by Gasteiger charge is 2.12. The summed E-state index contributed by atoms with van der Waals surface area (Å²) < 4.78 is 26.6. The van der Waals surface area contributed by atoms with Gasteiger partial charge in [0.05, 0.1) is 5.69 Å². The molecule has 0 bridgehead atoms. The second-order valence-electron chi connectivity index (χ2n) is 3.42. The Balaban J connectivity index is 2.70. The van der Waals surface area contributed by atoms with Crippen molar-refractivity contribution in [1.29, 1.82) is 0 Å². The molecule has 0 saturated carbocycles. The average Bonchev–Trinajstić information content (AvgIpc) is 2.32. The molecule has 0 saturated heterocycles. The molecule has 0 fully saturated rings. The molecular weight excluding hydrogens is 226 g/mol. The number of benzene rings is 1. The molecule has 3 nitrogen and oxygen atoms in total. The number of anilines is 1.